The second-order valence-electron chi connectivity index (χ2n) is 6.88. The molecule has 1 fully saturated rings. The molecule has 1 saturated heterocycles. The molecule has 0 bridgehead atoms. The van der Waals surface area contributed by atoms with Crippen molar-refractivity contribution in [2.45, 2.75) is 59.0 Å². The first kappa shape index (κ1) is 18.4. The van der Waals surface area contributed by atoms with Gasteiger partial charge in [-0.1, -0.05) is 27.7 Å². The Morgan fingerprint density at radius 1 is 1.33 bits per heavy atom. The highest BCUT2D eigenvalue weighted by Crippen LogP contribution is 2.21. The normalized spacial score (nSPS) is 19.6. The van der Waals surface area contributed by atoms with Gasteiger partial charge in [-0.15, -0.1) is 0 Å². The van der Waals surface area contributed by atoms with Gasteiger partial charge in [0.2, 0.25) is 15.9 Å². The molecule has 1 rings (SSSR count). The quantitative estimate of drug-likeness (QED) is 0.779. The zero-order valence-electron chi connectivity index (χ0n) is 13.6. The zero-order valence-corrected chi connectivity index (χ0v) is 14.4. The van der Waals surface area contributed by atoms with Crippen molar-refractivity contribution in [1.29, 1.82) is 0 Å². The molecule has 0 unspecified atom stereocenters. The topological polar surface area (TPSA) is 92.5 Å². The Labute approximate surface area is 128 Å². The fourth-order valence-corrected chi connectivity index (χ4v) is 3.77. The third-order valence-electron chi connectivity index (χ3n) is 3.82. The second-order valence-corrected chi connectivity index (χ2v) is 8.75. The van der Waals surface area contributed by atoms with Crippen LogP contribution in [0.5, 0.6) is 0 Å². The predicted molar refractivity (Wildman–Crippen MR) is 84.2 cm³/mol. The minimum absolute atomic E-state index is 0.0441. The molecule has 7 heteroatoms. The first-order chi connectivity index (χ1) is 9.57. The molecule has 1 atom stereocenters. The van der Waals surface area contributed by atoms with E-state index in [1.54, 1.807) is 4.90 Å². The van der Waals surface area contributed by atoms with Gasteiger partial charge in [-0.3, -0.25) is 4.79 Å². The number of carbonyl (C=O) groups is 1. The third-order valence-corrected chi connectivity index (χ3v) is 5.46. The molecule has 0 radical (unpaired) electrons. The average Bonchev–Trinajstić information content (AvgIpc) is 2.36. The van der Waals surface area contributed by atoms with Gasteiger partial charge in [0.05, 0.1) is 11.8 Å². The first-order valence-corrected chi connectivity index (χ1v) is 9.26. The fourth-order valence-electron chi connectivity index (χ4n) is 2.37. The van der Waals surface area contributed by atoms with Crippen molar-refractivity contribution in [3.63, 3.8) is 0 Å². The van der Waals surface area contributed by atoms with E-state index in [9.17, 15) is 13.2 Å². The van der Waals surface area contributed by atoms with Gasteiger partial charge in [-0.25, -0.2) is 13.1 Å². The van der Waals surface area contributed by atoms with E-state index in [-0.39, 0.29) is 23.1 Å². The van der Waals surface area contributed by atoms with Crippen LogP contribution in [0.3, 0.4) is 0 Å². The summed E-state index contributed by atoms with van der Waals surface area (Å²) in [7, 11) is -3.19. The molecule has 1 amide bonds. The molecule has 124 valence electrons. The highest BCUT2D eigenvalue weighted by molar-refractivity contribution is 7.89. The van der Waals surface area contributed by atoms with Crippen molar-refractivity contribution in [2.75, 3.05) is 18.8 Å². The molecule has 0 aromatic rings. The first-order valence-electron chi connectivity index (χ1n) is 7.61. The lowest BCUT2D eigenvalue weighted by atomic mass is 9.86. The van der Waals surface area contributed by atoms with Crippen molar-refractivity contribution in [3.05, 3.63) is 0 Å². The van der Waals surface area contributed by atoms with Crippen LogP contribution in [0, 0.1) is 5.41 Å². The van der Waals surface area contributed by atoms with Crippen LogP contribution < -0.4 is 10.5 Å². The number of amides is 1. The van der Waals surface area contributed by atoms with Crippen molar-refractivity contribution in [1.82, 2.24) is 9.62 Å². The monoisotopic (exact) mass is 319 g/mol. The number of carbonyl (C=O) groups excluding carboxylic acids is 1. The van der Waals surface area contributed by atoms with Crippen LogP contribution >= 0.6 is 0 Å². The van der Waals surface area contributed by atoms with Gasteiger partial charge < -0.3 is 10.6 Å². The summed E-state index contributed by atoms with van der Waals surface area (Å²) in [5, 5.41) is 0. The smallest absolute Gasteiger partial charge is 0.240 e. The summed E-state index contributed by atoms with van der Waals surface area (Å²) in [5.41, 5.74) is 5.73. The number of hydrogen-bond donors (Lipinski definition) is 2. The Balaban J connectivity index is 2.51. The van der Waals surface area contributed by atoms with E-state index in [0.29, 0.717) is 32.4 Å². The van der Waals surface area contributed by atoms with Crippen LogP contribution in [0.1, 0.15) is 47.0 Å². The van der Waals surface area contributed by atoms with Crippen molar-refractivity contribution in [2.24, 2.45) is 11.1 Å². The Morgan fingerprint density at radius 3 is 2.29 bits per heavy atom. The SMILES string of the molecule is CCCS(=O)(=O)NC1CCN(C(=O)[C@@H](N)C(C)(C)C)CC1. The van der Waals surface area contributed by atoms with Gasteiger partial charge in [-0.2, -0.15) is 0 Å². The fraction of sp³-hybridized carbons (Fsp3) is 0.929. The summed E-state index contributed by atoms with van der Waals surface area (Å²) < 4.78 is 26.2. The molecule has 1 aliphatic rings. The van der Waals surface area contributed by atoms with Gasteiger partial charge in [-0.05, 0) is 24.7 Å². The van der Waals surface area contributed by atoms with Gasteiger partial charge in [0.1, 0.15) is 0 Å². The van der Waals surface area contributed by atoms with Gasteiger partial charge in [0, 0.05) is 19.1 Å². The molecular weight excluding hydrogens is 290 g/mol. The molecule has 3 N–H and O–H groups in total. The molecule has 21 heavy (non-hydrogen) atoms. The van der Waals surface area contributed by atoms with E-state index < -0.39 is 16.1 Å². The number of hydrogen-bond acceptors (Lipinski definition) is 4. The maximum Gasteiger partial charge on any atom is 0.240 e. The summed E-state index contributed by atoms with van der Waals surface area (Å²) >= 11 is 0. The molecule has 0 saturated carbocycles. The molecule has 0 aliphatic carbocycles. The zero-order chi connectivity index (χ0) is 16.3. The lowest BCUT2D eigenvalue weighted by molar-refractivity contribution is -0.136. The lowest BCUT2D eigenvalue weighted by Gasteiger charge is -2.36. The molecular formula is C14H29N3O3S. The number of rotatable bonds is 5. The Morgan fingerprint density at radius 2 is 1.86 bits per heavy atom. The second kappa shape index (κ2) is 7.07. The molecule has 6 nitrogen and oxygen atoms in total. The highest BCUT2D eigenvalue weighted by atomic mass is 32.2. The van der Waals surface area contributed by atoms with Crippen LogP contribution in [-0.2, 0) is 14.8 Å². The van der Waals surface area contributed by atoms with Crippen LogP contribution in [0.15, 0.2) is 0 Å². The number of likely N-dealkylation sites (tertiary alicyclic amines) is 1. The summed E-state index contributed by atoms with van der Waals surface area (Å²) in [6.45, 7) is 8.79. The number of nitrogens with one attached hydrogen (secondary N) is 1. The number of piperidine rings is 1. The van der Waals surface area contributed by atoms with E-state index >= 15 is 0 Å². The van der Waals surface area contributed by atoms with Crippen molar-refractivity contribution in [3.8, 4) is 0 Å². The minimum atomic E-state index is -3.19. The van der Waals surface area contributed by atoms with Crippen molar-refractivity contribution >= 4 is 15.9 Å². The summed E-state index contributed by atoms with van der Waals surface area (Å²) in [5.74, 6) is 0.110. The number of sulfonamides is 1. The molecule has 0 spiro atoms. The van der Waals surface area contributed by atoms with Crippen molar-refractivity contribution < 1.29 is 13.2 Å². The highest BCUT2D eigenvalue weighted by Gasteiger charge is 2.33. The lowest BCUT2D eigenvalue weighted by Crippen LogP contribution is -2.54. The van der Waals surface area contributed by atoms with Crippen LogP contribution in [0.4, 0.5) is 0 Å². The van der Waals surface area contributed by atoms with Gasteiger partial charge >= 0.3 is 0 Å². The molecule has 1 aliphatic heterocycles. The van der Waals surface area contributed by atoms with E-state index in [0.717, 1.165) is 0 Å². The third kappa shape index (κ3) is 5.56. The predicted octanol–water partition coefficient (Wildman–Crippen LogP) is 0.680. The maximum absolute atomic E-state index is 12.3. The Kier molecular flexibility index (Phi) is 6.19. The van der Waals surface area contributed by atoms with E-state index in [1.165, 1.54) is 0 Å². The van der Waals surface area contributed by atoms with Crippen LogP contribution in [0.2, 0.25) is 0 Å². The average molecular weight is 319 g/mol. The summed E-state index contributed by atoms with van der Waals surface area (Å²) in [4.78, 5) is 14.1. The Bertz CT molecular complexity index is 449. The minimum Gasteiger partial charge on any atom is -0.341 e. The molecule has 0 aromatic heterocycles. The largest absolute Gasteiger partial charge is 0.341 e. The Hall–Kier alpha value is -0.660. The summed E-state index contributed by atoms with van der Waals surface area (Å²) in [6.07, 6.45) is 1.89. The van der Waals surface area contributed by atoms with E-state index in [4.69, 9.17) is 5.73 Å². The standard InChI is InChI=1S/C14H29N3O3S/c1-5-10-21(19,20)16-11-6-8-17(9-7-11)13(18)12(15)14(2,3)4/h11-12,16H,5-10,15H2,1-4H3/t12-/m1/s1. The van der Waals surface area contributed by atoms with Crippen LogP contribution in [-0.4, -0.2) is 50.2 Å². The van der Waals surface area contributed by atoms with Gasteiger partial charge in [0.25, 0.3) is 0 Å². The number of nitrogens with two attached hydrogens (primary N) is 1. The molecule has 1 heterocycles. The molecule has 0 aromatic carbocycles. The van der Waals surface area contributed by atoms with E-state index in [2.05, 4.69) is 4.72 Å². The van der Waals surface area contributed by atoms with Gasteiger partial charge in [0.15, 0.2) is 0 Å². The maximum atomic E-state index is 12.3. The van der Waals surface area contributed by atoms with Crippen LogP contribution in [0.25, 0.3) is 0 Å². The number of nitrogens with zero attached hydrogens (tertiary/aromatic N) is 1. The van der Waals surface area contributed by atoms with E-state index in [1.807, 2.05) is 27.7 Å². The summed E-state index contributed by atoms with van der Waals surface area (Å²) in [6, 6.07) is -0.595.